The van der Waals surface area contributed by atoms with E-state index in [9.17, 15) is 4.79 Å². The highest BCUT2D eigenvalue weighted by Gasteiger charge is 2.21. The molecule has 2 unspecified atom stereocenters. The van der Waals surface area contributed by atoms with Crippen molar-refractivity contribution in [3.8, 4) is 0 Å². The van der Waals surface area contributed by atoms with Crippen molar-refractivity contribution < 1.29 is 4.79 Å². The maximum Gasteiger partial charge on any atom is 0.220 e. The smallest absolute Gasteiger partial charge is 0.220 e. The van der Waals surface area contributed by atoms with E-state index in [1.165, 1.54) is 0 Å². The summed E-state index contributed by atoms with van der Waals surface area (Å²) in [6.45, 7) is 4.80. The number of hydrogen-bond acceptors (Lipinski definition) is 4. The largest absolute Gasteiger partial charge is 0.352 e. The Bertz CT molecular complexity index is 407. The van der Waals surface area contributed by atoms with Gasteiger partial charge < -0.3 is 10.6 Å². The normalized spacial score (nSPS) is 21.3. The van der Waals surface area contributed by atoms with Crippen LogP contribution < -0.4 is 10.6 Å². The van der Waals surface area contributed by atoms with Crippen LogP contribution in [-0.4, -0.2) is 28.5 Å². The minimum Gasteiger partial charge on any atom is -0.352 e. The first-order valence-electron chi connectivity index (χ1n) is 5.97. The predicted molar refractivity (Wildman–Crippen MR) is 64.4 cm³/mol. The predicted octanol–water partition coefficient (Wildman–Crippen LogP) is 0.714. The molecule has 17 heavy (non-hydrogen) atoms. The fraction of sp³-hybridized carbons (Fsp3) is 0.583. The van der Waals surface area contributed by atoms with Gasteiger partial charge in [-0.3, -0.25) is 14.8 Å². The zero-order valence-corrected chi connectivity index (χ0v) is 10.2. The molecule has 1 aromatic rings. The second-order valence-electron chi connectivity index (χ2n) is 4.46. The number of rotatable bonds is 4. The molecule has 0 aliphatic carbocycles. The molecule has 1 aliphatic rings. The van der Waals surface area contributed by atoms with E-state index in [0.717, 1.165) is 24.4 Å². The van der Waals surface area contributed by atoms with E-state index in [0.29, 0.717) is 6.42 Å². The summed E-state index contributed by atoms with van der Waals surface area (Å²) in [7, 11) is 0. The van der Waals surface area contributed by atoms with Crippen LogP contribution in [0.5, 0.6) is 0 Å². The molecule has 0 aromatic carbocycles. The van der Waals surface area contributed by atoms with Crippen molar-refractivity contribution >= 4 is 5.91 Å². The van der Waals surface area contributed by atoms with Gasteiger partial charge in [0, 0.05) is 37.4 Å². The van der Waals surface area contributed by atoms with Crippen LogP contribution in [0.3, 0.4) is 0 Å². The van der Waals surface area contributed by atoms with E-state index in [1.807, 2.05) is 6.92 Å². The summed E-state index contributed by atoms with van der Waals surface area (Å²) in [6, 6.07) is 0.406. The number of aryl methyl sites for hydroxylation is 1. The van der Waals surface area contributed by atoms with Gasteiger partial charge in [0.05, 0.1) is 11.4 Å². The van der Waals surface area contributed by atoms with Crippen molar-refractivity contribution in [3.05, 3.63) is 23.8 Å². The van der Waals surface area contributed by atoms with Gasteiger partial charge in [-0.25, -0.2) is 0 Å². The molecule has 0 radical (unpaired) electrons. The molecule has 0 bridgehead atoms. The van der Waals surface area contributed by atoms with Crippen LogP contribution in [0, 0.1) is 6.92 Å². The molecule has 1 fully saturated rings. The molecule has 2 heterocycles. The SMILES string of the molecule is Cc1nccnc1C(C)NCC1CCC(=O)N1. The number of aromatic nitrogens is 2. The van der Waals surface area contributed by atoms with Gasteiger partial charge in [0.25, 0.3) is 0 Å². The summed E-state index contributed by atoms with van der Waals surface area (Å²) in [5, 5.41) is 6.32. The van der Waals surface area contributed by atoms with E-state index < -0.39 is 0 Å². The summed E-state index contributed by atoms with van der Waals surface area (Å²) >= 11 is 0. The quantitative estimate of drug-likeness (QED) is 0.805. The van der Waals surface area contributed by atoms with Gasteiger partial charge in [-0.1, -0.05) is 0 Å². The fourth-order valence-electron chi connectivity index (χ4n) is 2.09. The third-order valence-corrected chi connectivity index (χ3v) is 3.08. The number of nitrogens with one attached hydrogen (secondary N) is 2. The van der Waals surface area contributed by atoms with Gasteiger partial charge in [0.2, 0.25) is 5.91 Å². The summed E-state index contributed by atoms with van der Waals surface area (Å²) in [5.74, 6) is 0.153. The van der Waals surface area contributed by atoms with Crippen molar-refractivity contribution in [3.63, 3.8) is 0 Å². The van der Waals surface area contributed by atoms with Crippen LogP contribution in [0.15, 0.2) is 12.4 Å². The molecule has 0 spiro atoms. The maximum absolute atomic E-state index is 11.1. The number of amides is 1. The molecular formula is C12H18N4O. The zero-order chi connectivity index (χ0) is 12.3. The molecule has 92 valence electrons. The molecule has 0 saturated carbocycles. The Balaban J connectivity index is 1.87. The first-order chi connectivity index (χ1) is 8.16. The lowest BCUT2D eigenvalue weighted by Gasteiger charge is -2.17. The third-order valence-electron chi connectivity index (χ3n) is 3.08. The van der Waals surface area contributed by atoms with Gasteiger partial charge in [-0.05, 0) is 20.3 Å². The highest BCUT2D eigenvalue weighted by molar-refractivity contribution is 5.78. The fourth-order valence-corrected chi connectivity index (χ4v) is 2.09. The Morgan fingerprint density at radius 1 is 1.53 bits per heavy atom. The molecule has 2 atom stereocenters. The lowest BCUT2D eigenvalue weighted by atomic mass is 10.1. The number of carbonyl (C=O) groups is 1. The molecule has 1 amide bonds. The van der Waals surface area contributed by atoms with Crippen LogP contribution in [0.1, 0.15) is 37.2 Å². The van der Waals surface area contributed by atoms with Gasteiger partial charge in [0.15, 0.2) is 0 Å². The monoisotopic (exact) mass is 234 g/mol. The first kappa shape index (κ1) is 12.0. The second-order valence-corrected chi connectivity index (χ2v) is 4.46. The van der Waals surface area contributed by atoms with Gasteiger partial charge in [-0.2, -0.15) is 0 Å². The van der Waals surface area contributed by atoms with Crippen LogP contribution in [0.2, 0.25) is 0 Å². The van der Waals surface area contributed by atoms with Crippen LogP contribution >= 0.6 is 0 Å². The molecule has 2 rings (SSSR count). The lowest BCUT2D eigenvalue weighted by molar-refractivity contribution is -0.119. The third kappa shape index (κ3) is 3.00. The van der Waals surface area contributed by atoms with Gasteiger partial charge in [-0.15, -0.1) is 0 Å². The average molecular weight is 234 g/mol. The summed E-state index contributed by atoms with van der Waals surface area (Å²) < 4.78 is 0. The van der Waals surface area contributed by atoms with E-state index in [2.05, 4.69) is 27.5 Å². The van der Waals surface area contributed by atoms with E-state index >= 15 is 0 Å². The average Bonchev–Trinajstić information content (AvgIpc) is 2.73. The second kappa shape index (κ2) is 5.23. The molecule has 1 aliphatic heterocycles. The molecule has 5 heteroatoms. The van der Waals surface area contributed by atoms with Gasteiger partial charge >= 0.3 is 0 Å². The van der Waals surface area contributed by atoms with E-state index in [1.54, 1.807) is 12.4 Å². The van der Waals surface area contributed by atoms with Crippen molar-refractivity contribution in [2.75, 3.05) is 6.54 Å². The van der Waals surface area contributed by atoms with Gasteiger partial charge in [0.1, 0.15) is 0 Å². The first-order valence-corrected chi connectivity index (χ1v) is 5.97. The molecule has 1 aromatic heterocycles. The van der Waals surface area contributed by atoms with Crippen molar-refractivity contribution in [2.45, 2.75) is 38.8 Å². The highest BCUT2D eigenvalue weighted by Crippen LogP contribution is 2.12. The molecule has 5 nitrogen and oxygen atoms in total. The zero-order valence-electron chi connectivity index (χ0n) is 10.2. The summed E-state index contributed by atoms with van der Waals surface area (Å²) in [6.07, 6.45) is 4.96. The minimum atomic E-state index is 0.153. The summed E-state index contributed by atoms with van der Waals surface area (Å²) in [5.41, 5.74) is 1.92. The Kier molecular flexibility index (Phi) is 3.68. The standard InChI is InChI=1S/C12H18N4O/c1-8-12(14-6-5-13-8)9(2)15-7-10-3-4-11(17)16-10/h5-6,9-10,15H,3-4,7H2,1-2H3,(H,16,17). The minimum absolute atomic E-state index is 0.153. The van der Waals surface area contributed by atoms with Crippen molar-refractivity contribution in [1.82, 2.24) is 20.6 Å². The van der Waals surface area contributed by atoms with E-state index in [4.69, 9.17) is 0 Å². The van der Waals surface area contributed by atoms with E-state index in [-0.39, 0.29) is 18.0 Å². The highest BCUT2D eigenvalue weighted by atomic mass is 16.1. The topological polar surface area (TPSA) is 66.9 Å². The van der Waals surface area contributed by atoms with Crippen molar-refractivity contribution in [2.24, 2.45) is 0 Å². The number of carbonyl (C=O) groups excluding carboxylic acids is 1. The number of hydrogen-bond donors (Lipinski definition) is 2. The molecular weight excluding hydrogens is 216 g/mol. The molecule has 1 saturated heterocycles. The Morgan fingerprint density at radius 2 is 2.29 bits per heavy atom. The lowest BCUT2D eigenvalue weighted by Crippen LogP contribution is -2.37. The summed E-state index contributed by atoms with van der Waals surface area (Å²) in [4.78, 5) is 19.6. The van der Waals surface area contributed by atoms with Crippen LogP contribution in [-0.2, 0) is 4.79 Å². The van der Waals surface area contributed by atoms with Crippen LogP contribution in [0.25, 0.3) is 0 Å². The maximum atomic E-state index is 11.1. The van der Waals surface area contributed by atoms with Crippen molar-refractivity contribution in [1.29, 1.82) is 0 Å². The van der Waals surface area contributed by atoms with Crippen LogP contribution in [0.4, 0.5) is 0 Å². The molecule has 2 N–H and O–H groups in total. The Labute approximate surface area is 101 Å². The Hall–Kier alpha value is -1.49. The Morgan fingerprint density at radius 3 is 2.94 bits per heavy atom. The number of nitrogens with zero attached hydrogens (tertiary/aromatic N) is 2.